The van der Waals surface area contributed by atoms with E-state index in [1.54, 1.807) is 37.6 Å². The number of ether oxygens (including phenoxy) is 2. The Bertz CT molecular complexity index is 955. The summed E-state index contributed by atoms with van der Waals surface area (Å²) in [6.45, 7) is 0.509. The van der Waals surface area contributed by atoms with E-state index in [1.807, 2.05) is 0 Å². The van der Waals surface area contributed by atoms with Crippen molar-refractivity contribution in [1.29, 1.82) is 0 Å². The lowest BCUT2D eigenvalue weighted by Crippen LogP contribution is -2.28. The van der Waals surface area contributed by atoms with Crippen LogP contribution in [0.2, 0.25) is 0 Å². The van der Waals surface area contributed by atoms with Crippen molar-refractivity contribution in [2.75, 3.05) is 20.3 Å². The maximum Gasteiger partial charge on any atom is 0.294 e. The lowest BCUT2D eigenvalue weighted by atomic mass is 10.1. The third-order valence-electron chi connectivity index (χ3n) is 3.93. The Kier molecular flexibility index (Phi) is 5.85. The largest absolute Gasteiger partial charge is 0.497 e. The van der Waals surface area contributed by atoms with Crippen LogP contribution in [0.3, 0.4) is 0 Å². The van der Waals surface area contributed by atoms with E-state index >= 15 is 0 Å². The number of nitrogens with zero attached hydrogens (tertiary/aromatic N) is 3. The van der Waals surface area contributed by atoms with Crippen LogP contribution in [-0.2, 0) is 0 Å². The van der Waals surface area contributed by atoms with Crippen molar-refractivity contribution in [3.05, 3.63) is 76.9 Å². The number of benzene rings is 2. The van der Waals surface area contributed by atoms with Crippen LogP contribution in [0.15, 0.2) is 61.2 Å². The van der Waals surface area contributed by atoms with Crippen LogP contribution in [0, 0.1) is 10.1 Å². The maximum absolute atomic E-state index is 12.3. The zero-order valence-electron chi connectivity index (χ0n) is 15.1. The summed E-state index contributed by atoms with van der Waals surface area (Å²) in [5, 5.41) is 14.0. The Hall–Kier alpha value is -3.88. The van der Waals surface area contributed by atoms with E-state index < -0.39 is 10.8 Å². The van der Waals surface area contributed by atoms with Gasteiger partial charge in [-0.2, -0.15) is 0 Å². The summed E-state index contributed by atoms with van der Waals surface area (Å²) < 4.78 is 12.1. The third kappa shape index (κ3) is 4.44. The van der Waals surface area contributed by atoms with Gasteiger partial charge < -0.3 is 19.4 Å². The average Bonchev–Trinajstić information content (AvgIpc) is 3.25. The second-order valence-electron chi connectivity index (χ2n) is 5.71. The number of carbonyl (C=O) groups is 1. The molecule has 144 valence electrons. The number of aromatic nitrogens is 2. The number of imidazole rings is 1. The summed E-state index contributed by atoms with van der Waals surface area (Å²) in [6, 6.07) is 11.4. The summed E-state index contributed by atoms with van der Waals surface area (Å²) in [6.07, 6.45) is 4.57. The second kappa shape index (κ2) is 8.67. The molecular weight excluding hydrogens is 364 g/mol. The molecule has 1 aromatic heterocycles. The van der Waals surface area contributed by atoms with Gasteiger partial charge in [0.2, 0.25) is 0 Å². The zero-order valence-corrected chi connectivity index (χ0v) is 15.1. The van der Waals surface area contributed by atoms with Crippen LogP contribution < -0.4 is 14.8 Å². The molecule has 3 aromatic rings. The van der Waals surface area contributed by atoms with Gasteiger partial charge in [-0.1, -0.05) is 0 Å². The van der Waals surface area contributed by atoms with E-state index in [4.69, 9.17) is 9.47 Å². The fraction of sp³-hybridized carbons (Fsp3) is 0.158. The first-order valence-corrected chi connectivity index (χ1v) is 8.40. The van der Waals surface area contributed by atoms with E-state index in [0.29, 0.717) is 11.4 Å². The number of hydrogen-bond acceptors (Lipinski definition) is 6. The van der Waals surface area contributed by atoms with E-state index in [-0.39, 0.29) is 24.4 Å². The zero-order chi connectivity index (χ0) is 19.9. The van der Waals surface area contributed by atoms with Crippen LogP contribution in [0.1, 0.15) is 10.4 Å². The van der Waals surface area contributed by atoms with Gasteiger partial charge in [-0.05, 0) is 36.4 Å². The van der Waals surface area contributed by atoms with Gasteiger partial charge in [0.25, 0.3) is 11.6 Å². The minimum Gasteiger partial charge on any atom is -0.497 e. The van der Waals surface area contributed by atoms with Crippen molar-refractivity contribution in [3.63, 3.8) is 0 Å². The number of carbonyl (C=O) groups excluding carboxylic acids is 1. The number of hydrogen-bond donors (Lipinski definition) is 1. The molecule has 28 heavy (non-hydrogen) atoms. The number of methoxy groups -OCH3 is 1. The Labute approximate surface area is 160 Å². The molecule has 0 spiro atoms. The van der Waals surface area contributed by atoms with Gasteiger partial charge >= 0.3 is 0 Å². The third-order valence-corrected chi connectivity index (χ3v) is 3.93. The first-order valence-electron chi connectivity index (χ1n) is 8.40. The molecule has 0 aliphatic heterocycles. The van der Waals surface area contributed by atoms with Crippen molar-refractivity contribution in [1.82, 2.24) is 14.9 Å². The number of nitro benzene ring substituents is 1. The quantitative estimate of drug-likeness (QED) is 0.364. The molecule has 0 atom stereocenters. The van der Waals surface area contributed by atoms with Gasteiger partial charge in [-0.3, -0.25) is 14.9 Å². The molecular formula is C19H18N4O5. The molecule has 0 radical (unpaired) electrons. The molecule has 0 saturated heterocycles. The van der Waals surface area contributed by atoms with Crippen molar-refractivity contribution >= 4 is 11.6 Å². The minimum absolute atomic E-state index is 0.180. The molecule has 0 unspecified atom stereocenters. The molecule has 9 nitrogen and oxygen atoms in total. The topological polar surface area (TPSA) is 109 Å². The summed E-state index contributed by atoms with van der Waals surface area (Å²) >= 11 is 0. The summed E-state index contributed by atoms with van der Waals surface area (Å²) in [5.41, 5.74) is 0.349. The van der Waals surface area contributed by atoms with Crippen LogP contribution in [0.5, 0.6) is 11.5 Å². The summed E-state index contributed by atoms with van der Waals surface area (Å²) in [7, 11) is 1.58. The molecule has 3 rings (SSSR count). The lowest BCUT2D eigenvalue weighted by molar-refractivity contribution is -0.384. The first kappa shape index (κ1) is 18.9. The smallest absolute Gasteiger partial charge is 0.294 e. The number of nitro groups is 1. The highest BCUT2D eigenvalue weighted by Gasteiger charge is 2.18. The van der Waals surface area contributed by atoms with Gasteiger partial charge in [0, 0.05) is 24.0 Å². The van der Waals surface area contributed by atoms with Crippen LogP contribution in [0.25, 0.3) is 5.69 Å². The summed E-state index contributed by atoms with van der Waals surface area (Å²) in [4.78, 5) is 27.0. The highest BCUT2D eigenvalue weighted by molar-refractivity contribution is 5.95. The molecule has 1 heterocycles. The van der Waals surface area contributed by atoms with E-state index in [9.17, 15) is 14.9 Å². The van der Waals surface area contributed by atoms with Crippen LogP contribution in [0.4, 0.5) is 5.69 Å². The molecule has 0 fully saturated rings. The average molecular weight is 382 g/mol. The minimum atomic E-state index is -0.529. The fourth-order valence-corrected chi connectivity index (χ4v) is 2.54. The van der Waals surface area contributed by atoms with Crippen molar-refractivity contribution < 1.29 is 19.2 Å². The molecule has 0 aliphatic rings. The van der Waals surface area contributed by atoms with Gasteiger partial charge in [-0.25, -0.2) is 4.98 Å². The van der Waals surface area contributed by atoms with Crippen molar-refractivity contribution in [2.45, 2.75) is 0 Å². The SMILES string of the molecule is COc1ccc(OCCNC(=O)c2ccc(-n3ccnc3)c([N+](=O)[O-])c2)cc1. The van der Waals surface area contributed by atoms with E-state index in [1.165, 1.54) is 35.3 Å². The normalized spacial score (nSPS) is 10.3. The maximum atomic E-state index is 12.3. The molecule has 0 bridgehead atoms. The Morgan fingerprint density at radius 2 is 1.96 bits per heavy atom. The van der Waals surface area contributed by atoms with Crippen LogP contribution in [-0.4, -0.2) is 40.6 Å². The standard InChI is InChI=1S/C19H18N4O5/c1-27-15-3-5-16(6-4-15)28-11-9-21-19(24)14-2-7-17(18(12-14)23(25)26)22-10-8-20-13-22/h2-8,10,12-13H,9,11H2,1H3,(H,21,24). The number of nitrogens with one attached hydrogen (secondary N) is 1. The van der Waals surface area contributed by atoms with Gasteiger partial charge in [-0.15, -0.1) is 0 Å². The highest BCUT2D eigenvalue weighted by Crippen LogP contribution is 2.24. The monoisotopic (exact) mass is 382 g/mol. The molecule has 0 saturated carbocycles. The molecule has 9 heteroatoms. The second-order valence-corrected chi connectivity index (χ2v) is 5.71. The fourth-order valence-electron chi connectivity index (χ4n) is 2.54. The van der Waals surface area contributed by atoms with E-state index in [2.05, 4.69) is 10.3 Å². The van der Waals surface area contributed by atoms with Gasteiger partial charge in [0.05, 0.1) is 24.9 Å². The van der Waals surface area contributed by atoms with Crippen molar-refractivity contribution in [2.24, 2.45) is 0 Å². The summed E-state index contributed by atoms with van der Waals surface area (Å²) in [5.74, 6) is 0.954. The number of rotatable bonds is 8. The van der Waals surface area contributed by atoms with Crippen molar-refractivity contribution in [3.8, 4) is 17.2 Å². The molecule has 1 amide bonds. The predicted octanol–water partition coefficient (Wildman–Crippen LogP) is 2.60. The van der Waals surface area contributed by atoms with Gasteiger partial charge in [0.1, 0.15) is 23.8 Å². The first-order chi connectivity index (χ1) is 13.6. The van der Waals surface area contributed by atoms with Gasteiger partial charge in [0.15, 0.2) is 0 Å². The van der Waals surface area contributed by atoms with Crippen LogP contribution >= 0.6 is 0 Å². The Morgan fingerprint density at radius 1 is 1.21 bits per heavy atom. The predicted molar refractivity (Wildman–Crippen MR) is 101 cm³/mol. The Balaban J connectivity index is 1.59. The molecule has 0 aliphatic carbocycles. The van der Waals surface area contributed by atoms with E-state index in [0.717, 1.165) is 5.75 Å². The number of amides is 1. The molecule has 2 aromatic carbocycles. The lowest BCUT2D eigenvalue weighted by Gasteiger charge is -2.09. The Morgan fingerprint density at radius 3 is 2.61 bits per heavy atom. The molecule has 1 N–H and O–H groups in total. The highest BCUT2D eigenvalue weighted by atomic mass is 16.6.